The van der Waals surface area contributed by atoms with Crippen LogP contribution in [0.4, 0.5) is 0 Å². The van der Waals surface area contributed by atoms with Gasteiger partial charge in [0, 0.05) is 24.7 Å². The summed E-state index contributed by atoms with van der Waals surface area (Å²) in [6.07, 6.45) is 6.98. The highest BCUT2D eigenvalue weighted by Crippen LogP contribution is 2.25. The quantitative estimate of drug-likeness (QED) is 0.323. The van der Waals surface area contributed by atoms with E-state index in [1.54, 1.807) is 0 Å². The number of unbranched alkanes of at least 4 members (excludes halogenated alkanes) is 1. The van der Waals surface area contributed by atoms with E-state index in [9.17, 15) is 0 Å². The second-order valence-electron chi connectivity index (χ2n) is 7.97. The van der Waals surface area contributed by atoms with Crippen molar-refractivity contribution in [1.29, 1.82) is 5.26 Å². The Morgan fingerprint density at radius 2 is 1.66 bits per heavy atom. The molecule has 162 valence electrons. The lowest BCUT2D eigenvalue weighted by atomic mass is 9.94. The fraction of sp³-hybridized carbons (Fsp3) is 0.214. The molecule has 0 saturated heterocycles. The number of halogens is 1. The maximum atomic E-state index is 8.95. The molecule has 0 fully saturated rings. The predicted molar refractivity (Wildman–Crippen MR) is 133 cm³/mol. The van der Waals surface area contributed by atoms with Crippen LogP contribution in [-0.2, 0) is 19.3 Å². The van der Waals surface area contributed by atoms with Gasteiger partial charge in [-0.15, -0.1) is 12.4 Å². The van der Waals surface area contributed by atoms with Gasteiger partial charge >= 0.3 is 0 Å². The predicted octanol–water partition coefficient (Wildman–Crippen LogP) is 6.89. The van der Waals surface area contributed by atoms with Gasteiger partial charge in [-0.2, -0.15) is 5.26 Å². The van der Waals surface area contributed by atoms with Crippen LogP contribution in [0.3, 0.4) is 0 Å². The average Bonchev–Trinajstić information content (AvgIpc) is 3.26. The molecule has 0 aliphatic carbocycles. The minimum Gasteiger partial charge on any atom is -0.345 e. The van der Waals surface area contributed by atoms with Gasteiger partial charge in [0.1, 0.15) is 5.82 Å². The number of rotatable bonds is 8. The highest BCUT2D eigenvalue weighted by Gasteiger charge is 2.09. The number of hydrogen-bond acceptors (Lipinski definition) is 2. The summed E-state index contributed by atoms with van der Waals surface area (Å²) in [5.41, 5.74) is 8.24. The molecule has 4 rings (SSSR count). The van der Waals surface area contributed by atoms with Crippen LogP contribution in [-0.4, -0.2) is 9.97 Å². The van der Waals surface area contributed by atoms with Crippen molar-refractivity contribution < 1.29 is 0 Å². The molecule has 0 bridgehead atoms. The van der Waals surface area contributed by atoms with E-state index in [0.29, 0.717) is 5.56 Å². The lowest BCUT2D eigenvalue weighted by molar-refractivity contribution is 0.787. The normalized spacial score (nSPS) is 10.4. The first-order valence-corrected chi connectivity index (χ1v) is 10.9. The van der Waals surface area contributed by atoms with E-state index in [1.807, 2.05) is 30.5 Å². The van der Waals surface area contributed by atoms with Crippen molar-refractivity contribution in [2.24, 2.45) is 0 Å². The Morgan fingerprint density at radius 1 is 0.875 bits per heavy atom. The second kappa shape index (κ2) is 11.3. The summed E-state index contributed by atoms with van der Waals surface area (Å²) in [7, 11) is 0. The van der Waals surface area contributed by atoms with Crippen molar-refractivity contribution >= 4 is 12.4 Å². The molecule has 0 radical (unpaired) electrons. The van der Waals surface area contributed by atoms with Crippen LogP contribution in [0.5, 0.6) is 0 Å². The molecule has 1 heterocycles. The molecule has 0 saturated carbocycles. The Bertz CT molecular complexity index is 1170. The molecule has 4 aromatic rings. The van der Waals surface area contributed by atoms with Gasteiger partial charge in [-0.3, -0.25) is 0 Å². The molecule has 0 aliphatic heterocycles. The fourth-order valence-corrected chi connectivity index (χ4v) is 3.89. The maximum absolute atomic E-state index is 8.95. The highest BCUT2D eigenvalue weighted by atomic mass is 35.5. The molecule has 0 spiro atoms. The lowest BCUT2D eigenvalue weighted by Gasteiger charge is -2.11. The summed E-state index contributed by atoms with van der Waals surface area (Å²) >= 11 is 0. The van der Waals surface area contributed by atoms with Crippen molar-refractivity contribution in [1.82, 2.24) is 9.97 Å². The Balaban J connectivity index is 0.00000289. The van der Waals surface area contributed by atoms with Gasteiger partial charge in [0.25, 0.3) is 0 Å². The summed E-state index contributed by atoms with van der Waals surface area (Å²) in [6.45, 7) is 2.24. The largest absolute Gasteiger partial charge is 0.345 e. The molecule has 0 amide bonds. The number of aromatic nitrogens is 2. The Morgan fingerprint density at radius 3 is 2.38 bits per heavy atom. The Hall–Kier alpha value is -3.35. The van der Waals surface area contributed by atoms with Crippen LogP contribution in [0.25, 0.3) is 11.1 Å². The van der Waals surface area contributed by atoms with Crippen LogP contribution in [0.1, 0.15) is 53.5 Å². The molecular formula is C28H28ClN3. The minimum atomic E-state index is 0. The molecule has 1 aromatic heterocycles. The van der Waals surface area contributed by atoms with Crippen molar-refractivity contribution in [3.05, 3.63) is 113 Å². The number of aromatic amines is 1. The first kappa shape index (κ1) is 23.3. The van der Waals surface area contributed by atoms with Crippen LogP contribution >= 0.6 is 12.4 Å². The summed E-state index contributed by atoms with van der Waals surface area (Å²) in [5, 5.41) is 8.95. The Labute approximate surface area is 196 Å². The fourth-order valence-electron chi connectivity index (χ4n) is 3.89. The molecule has 0 atom stereocenters. The van der Waals surface area contributed by atoms with Gasteiger partial charge in [0.15, 0.2) is 0 Å². The van der Waals surface area contributed by atoms with Crippen molar-refractivity contribution in [2.75, 3.05) is 0 Å². The molecule has 4 heteroatoms. The first-order chi connectivity index (χ1) is 15.2. The number of benzene rings is 3. The molecular weight excluding hydrogens is 414 g/mol. The highest BCUT2D eigenvalue weighted by molar-refractivity contribution is 5.85. The number of nitrogens with zero attached hydrogens (tertiary/aromatic N) is 2. The van der Waals surface area contributed by atoms with E-state index in [0.717, 1.165) is 30.8 Å². The number of H-pyrrole nitrogens is 1. The molecule has 0 unspecified atom stereocenters. The van der Waals surface area contributed by atoms with E-state index in [1.165, 1.54) is 40.7 Å². The van der Waals surface area contributed by atoms with Crippen LogP contribution in [0, 0.1) is 11.3 Å². The third-order valence-electron chi connectivity index (χ3n) is 5.63. The van der Waals surface area contributed by atoms with Crippen LogP contribution in [0.15, 0.2) is 79.0 Å². The molecule has 0 aliphatic rings. The van der Waals surface area contributed by atoms with Gasteiger partial charge in [0.05, 0.1) is 11.6 Å². The van der Waals surface area contributed by atoms with Gasteiger partial charge in [0.2, 0.25) is 0 Å². The zero-order valence-corrected chi connectivity index (χ0v) is 19.2. The molecule has 3 aromatic carbocycles. The van der Waals surface area contributed by atoms with Crippen molar-refractivity contribution in [3.8, 4) is 17.2 Å². The van der Waals surface area contributed by atoms with E-state index in [-0.39, 0.29) is 12.4 Å². The first-order valence-electron chi connectivity index (χ1n) is 10.9. The van der Waals surface area contributed by atoms with Crippen LogP contribution in [0.2, 0.25) is 0 Å². The number of imidazole rings is 1. The third-order valence-corrected chi connectivity index (χ3v) is 5.63. The van der Waals surface area contributed by atoms with E-state index >= 15 is 0 Å². The van der Waals surface area contributed by atoms with Gasteiger partial charge in [-0.05, 0) is 52.8 Å². The number of nitrogens with one attached hydrogen (secondary N) is 1. The number of aryl methyl sites for hydroxylation is 1. The summed E-state index contributed by atoms with van der Waals surface area (Å²) in [4.78, 5) is 8.13. The minimum absolute atomic E-state index is 0. The smallest absolute Gasteiger partial charge is 0.110 e. The van der Waals surface area contributed by atoms with Gasteiger partial charge in [-0.25, -0.2) is 4.98 Å². The SMILES string of the molecule is CCCCc1cc(-c2ccccc2)ccc1Cc1ncc(Cc2ccc(C#N)cc2)[nH]1.Cl. The number of nitriles is 1. The molecule has 3 nitrogen and oxygen atoms in total. The maximum Gasteiger partial charge on any atom is 0.110 e. The average molecular weight is 442 g/mol. The van der Waals surface area contributed by atoms with Crippen molar-refractivity contribution in [3.63, 3.8) is 0 Å². The van der Waals surface area contributed by atoms with E-state index in [2.05, 4.69) is 71.5 Å². The van der Waals surface area contributed by atoms with E-state index < -0.39 is 0 Å². The molecule has 32 heavy (non-hydrogen) atoms. The molecule has 1 N–H and O–H groups in total. The van der Waals surface area contributed by atoms with Crippen molar-refractivity contribution in [2.45, 2.75) is 39.0 Å². The van der Waals surface area contributed by atoms with Gasteiger partial charge in [-0.1, -0.05) is 74.0 Å². The lowest BCUT2D eigenvalue weighted by Crippen LogP contribution is -1.99. The third kappa shape index (κ3) is 5.87. The monoisotopic (exact) mass is 441 g/mol. The summed E-state index contributed by atoms with van der Waals surface area (Å²) in [5.74, 6) is 0.994. The van der Waals surface area contributed by atoms with Gasteiger partial charge < -0.3 is 4.98 Å². The van der Waals surface area contributed by atoms with E-state index in [4.69, 9.17) is 5.26 Å². The summed E-state index contributed by atoms with van der Waals surface area (Å²) < 4.78 is 0. The Kier molecular flexibility index (Phi) is 8.25. The zero-order chi connectivity index (χ0) is 21.5. The second-order valence-corrected chi connectivity index (χ2v) is 7.97. The standard InChI is InChI=1S/C28H27N3.ClH/c1-2-3-7-24-17-25(23-8-5-4-6-9-23)14-15-26(24)18-28-30-20-27(31-28)16-21-10-12-22(19-29)13-11-21;/h4-6,8-15,17,20H,2-3,7,16,18H2,1H3,(H,30,31);1H. The topological polar surface area (TPSA) is 52.5 Å². The summed E-state index contributed by atoms with van der Waals surface area (Å²) in [6, 6.07) is 27.3. The number of hydrogen-bond donors (Lipinski definition) is 1. The zero-order valence-electron chi connectivity index (χ0n) is 18.3. The van der Waals surface area contributed by atoms with Crippen LogP contribution < -0.4 is 0 Å².